The molecule has 0 saturated carbocycles. The summed E-state index contributed by atoms with van der Waals surface area (Å²) in [4.78, 5) is 0. The van der Waals surface area contributed by atoms with E-state index >= 15 is 0 Å². The van der Waals surface area contributed by atoms with E-state index in [1.165, 1.54) is 11.5 Å². The van der Waals surface area contributed by atoms with E-state index in [2.05, 4.69) is 32.3 Å². The Kier molecular flexibility index (Phi) is 2.57. The first-order valence-corrected chi connectivity index (χ1v) is 7.01. The molecule has 0 fully saturated rings. The van der Waals surface area contributed by atoms with Crippen molar-refractivity contribution in [2.75, 3.05) is 5.43 Å². The number of rotatable bonds is 1. The third-order valence-electron chi connectivity index (χ3n) is 3.23. The normalized spacial score (nSPS) is 13.5. The van der Waals surface area contributed by atoms with Crippen molar-refractivity contribution < 1.29 is 0 Å². The lowest BCUT2D eigenvalue weighted by atomic mass is 10.1. The molecule has 1 aromatic heterocycles. The van der Waals surface area contributed by atoms with Crippen molar-refractivity contribution in [1.82, 2.24) is 9.59 Å². The molecule has 0 radical (unpaired) electrons. The molecule has 96 valence electrons. The number of nitrogens with zero attached hydrogens (tertiary/aromatic N) is 3. The maximum absolute atomic E-state index is 4.48. The Morgan fingerprint density at radius 2 is 1.90 bits per heavy atom. The number of para-hydroxylation sites is 1. The van der Waals surface area contributed by atoms with E-state index in [-0.39, 0.29) is 0 Å². The summed E-state index contributed by atoms with van der Waals surface area (Å²) in [6, 6.07) is 14.1. The largest absolute Gasteiger partial charge is 0.277 e. The molecule has 5 heteroatoms. The van der Waals surface area contributed by atoms with Crippen molar-refractivity contribution in [3.05, 3.63) is 59.7 Å². The first kappa shape index (κ1) is 11.3. The van der Waals surface area contributed by atoms with Gasteiger partial charge in [0.15, 0.2) is 0 Å². The summed E-state index contributed by atoms with van der Waals surface area (Å²) in [7, 11) is 0. The standard InChI is InChI=1S/C15H10N4S/c1-2-6-12-10(4-1)8-9-13(17-16-12)11-5-3-7-14-15(11)18-19-20-14/h1-9,16H. The van der Waals surface area contributed by atoms with Gasteiger partial charge in [-0.05, 0) is 35.3 Å². The third-order valence-corrected chi connectivity index (χ3v) is 3.92. The number of anilines is 1. The van der Waals surface area contributed by atoms with Crippen LogP contribution in [0.4, 0.5) is 5.69 Å². The fourth-order valence-electron chi connectivity index (χ4n) is 2.23. The molecule has 0 amide bonds. The second-order valence-corrected chi connectivity index (χ2v) is 5.24. The molecule has 1 N–H and O–H groups in total. The van der Waals surface area contributed by atoms with Gasteiger partial charge in [0.2, 0.25) is 0 Å². The van der Waals surface area contributed by atoms with Crippen LogP contribution in [0.2, 0.25) is 0 Å². The minimum atomic E-state index is 0.861. The van der Waals surface area contributed by atoms with E-state index in [0.29, 0.717) is 0 Å². The van der Waals surface area contributed by atoms with Crippen LogP contribution >= 0.6 is 11.5 Å². The summed E-state index contributed by atoms with van der Waals surface area (Å²) in [5.41, 5.74) is 7.98. The molecule has 2 heterocycles. The lowest BCUT2D eigenvalue weighted by Gasteiger charge is -2.03. The Balaban J connectivity index is 1.85. The van der Waals surface area contributed by atoms with E-state index in [1.807, 2.05) is 42.5 Å². The number of hydrazone groups is 1. The zero-order valence-corrected chi connectivity index (χ0v) is 11.3. The Morgan fingerprint density at radius 1 is 0.950 bits per heavy atom. The second-order valence-electron chi connectivity index (χ2n) is 4.45. The highest BCUT2D eigenvalue weighted by molar-refractivity contribution is 7.13. The molecule has 3 aromatic rings. The van der Waals surface area contributed by atoms with Gasteiger partial charge in [-0.15, -0.1) is 5.10 Å². The molecular formula is C15H10N4S. The predicted octanol–water partition coefficient (Wildman–Crippen LogP) is 3.53. The zero-order valence-electron chi connectivity index (χ0n) is 10.4. The predicted molar refractivity (Wildman–Crippen MR) is 83.1 cm³/mol. The molecule has 0 bridgehead atoms. The van der Waals surface area contributed by atoms with Crippen LogP contribution in [0.25, 0.3) is 16.3 Å². The number of hydrogen-bond donors (Lipinski definition) is 1. The van der Waals surface area contributed by atoms with E-state index in [1.54, 1.807) is 0 Å². The first-order chi connectivity index (χ1) is 9.92. The van der Waals surface area contributed by atoms with Gasteiger partial charge < -0.3 is 0 Å². The van der Waals surface area contributed by atoms with Crippen molar-refractivity contribution in [3.8, 4) is 0 Å². The molecule has 4 nitrogen and oxygen atoms in total. The van der Waals surface area contributed by atoms with Crippen LogP contribution in [-0.4, -0.2) is 15.3 Å². The van der Waals surface area contributed by atoms with Gasteiger partial charge in [-0.25, -0.2) is 0 Å². The monoisotopic (exact) mass is 278 g/mol. The number of benzene rings is 2. The quantitative estimate of drug-likeness (QED) is 0.740. The van der Waals surface area contributed by atoms with E-state index in [9.17, 15) is 0 Å². The van der Waals surface area contributed by atoms with E-state index in [4.69, 9.17) is 0 Å². The summed E-state index contributed by atoms with van der Waals surface area (Å²) in [5.74, 6) is 0. The lowest BCUT2D eigenvalue weighted by molar-refractivity contribution is 1.20. The second kappa shape index (κ2) is 4.54. The molecule has 0 saturated heterocycles. The van der Waals surface area contributed by atoms with Crippen molar-refractivity contribution in [2.45, 2.75) is 0 Å². The smallest absolute Gasteiger partial charge is 0.115 e. The van der Waals surface area contributed by atoms with Crippen molar-refractivity contribution in [1.29, 1.82) is 0 Å². The van der Waals surface area contributed by atoms with Crippen molar-refractivity contribution >= 4 is 39.2 Å². The van der Waals surface area contributed by atoms with Gasteiger partial charge in [-0.3, -0.25) is 5.43 Å². The molecule has 0 unspecified atom stereocenters. The molecule has 20 heavy (non-hydrogen) atoms. The number of nitrogens with one attached hydrogen (secondary N) is 1. The lowest BCUT2D eigenvalue weighted by Crippen LogP contribution is -2.00. The topological polar surface area (TPSA) is 50.2 Å². The summed E-state index contributed by atoms with van der Waals surface area (Å²) in [6.07, 6.45) is 4.07. The fourth-order valence-corrected chi connectivity index (χ4v) is 2.82. The summed E-state index contributed by atoms with van der Waals surface area (Å²) < 4.78 is 5.08. The minimum Gasteiger partial charge on any atom is -0.277 e. The zero-order chi connectivity index (χ0) is 13.4. The summed E-state index contributed by atoms with van der Waals surface area (Å²) in [6.45, 7) is 0. The van der Waals surface area contributed by atoms with Gasteiger partial charge in [0, 0.05) is 5.56 Å². The van der Waals surface area contributed by atoms with Crippen LogP contribution in [0.5, 0.6) is 0 Å². The number of aromatic nitrogens is 2. The number of fused-ring (bicyclic) bond motifs is 2. The average Bonchev–Trinajstić information content (AvgIpc) is 2.87. The Labute approximate surface area is 119 Å². The van der Waals surface area contributed by atoms with Gasteiger partial charge in [-0.1, -0.05) is 40.9 Å². The highest BCUT2D eigenvalue weighted by Gasteiger charge is 2.11. The fraction of sp³-hybridized carbons (Fsp3) is 0. The summed E-state index contributed by atoms with van der Waals surface area (Å²) >= 11 is 1.40. The number of hydrogen-bond acceptors (Lipinski definition) is 5. The van der Waals surface area contributed by atoms with Gasteiger partial charge in [0.05, 0.1) is 16.1 Å². The Bertz CT molecular complexity index is 848. The van der Waals surface area contributed by atoms with Crippen LogP contribution < -0.4 is 5.43 Å². The first-order valence-electron chi connectivity index (χ1n) is 6.24. The van der Waals surface area contributed by atoms with Crippen molar-refractivity contribution in [2.24, 2.45) is 5.10 Å². The van der Waals surface area contributed by atoms with Gasteiger partial charge >= 0.3 is 0 Å². The van der Waals surface area contributed by atoms with Crippen LogP contribution in [0.15, 0.2) is 53.6 Å². The summed E-state index contributed by atoms with van der Waals surface area (Å²) in [5, 5.41) is 8.68. The molecule has 2 aromatic carbocycles. The minimum absolute atomic E-state index is 0.861. The number of allylic oxidation sites excluding steroid dienone is 1. The van der Waals surface area contributed by atoms with Crippen LogP contribution in [0, 0.1) is 0 Å². The van der Waals surface area contributed by atoms with Crippen LogP contribution in [-0.2, 0) is 0 Å². The molecular weight excluding hydrogens is 268 g/mol. The van der Waals surface area contributed by atoms with E-state index in [0.717, 1.165) is 32.7 Å². The van der Waals surface area contributed by atoms with E-state index < -0.39 is 0 Å². The Morgan fingerprint density at radius 3 is 2.90 bits per heavy atom. The molecule has 0 aliphatic carbocycles. The Hall–Kier alpha value is -2.53. The van der Waals surface area contributed by atoms with Gasteiger partial charge in [-0.2, -0.15) is 5.10 Å². The molecule has 0 spiro atoms. The average molecular weight is 278 g/mol. The maximum atomic E-state index is 4.48. The molecule has 0 atom stereocenters. The maximum Gasteiger partial charge on any atom is 0.115 e. The molecule has 1 aliphatic heterocycles. The van der Waals surface area contributed by atoms with Crippen molar-refractivity contribution in [3.63, 3.8) is 0 Å². The SMILES string of the molecule is C1=Cc2ccccc2NN=C1c1cccc2snnc12. The molecule has 1 aliphatic rings. The van der Waals surface area contributed by atoms with Gasteiger partial charge in [0.1, 0.15) is 5.52 Å². The third kappa shape index (κ3) is 1.80. The highest BCUT2D eigenvalue weighted by atomic mass is 32.1. The van der Waals surface area contributed by atoms with Gasteiger partial charge in [0.25, 0.3) is 0 Å². The highest BCUT2D eigenvalue weighted by Crippen LogP contribution is 2.24. The van der Waals surface area contributed by atoms with Crippen LogP contribution in [0.3, 0.4) is 0 Å². The van der Waals surface area contributed by atoms with Crippen LogP contribution in [0.1, 0.15) is 11.1 Å². The molecule has 4 rings (SSSR count).